The zero-order chi connectivity index (χ0) is 22.6. The van der Waals surface area contributed by atoms with Crippen LogP contribution in [0.15, 0.2) is 42.7 Å². The van der Waals surface area contributed by atoms with E-state index in [0.29, 0.717) is 22.6 Å². The molecular weight excluding hydrogens is 415 g/mol. The van der Waals surface area contributed by atoms with Crippen molar-refractivity contribution in [2.45, 2.75) is 26.3 Å². The Bertz CT molecular complexity index is 1060. The van der Waals surface area contributed by atoms with Gasteiger partial charge in [-0.05, 0) is 44.2 Å². The minimum atomic E-state index is -4.80. The Morgan fingerprint density at radius 1 is 1.13 bits per heavy atom. The van der Waals surface area contributed by atoms with Gasteiger partial charge in [0.25, 0.3) is 5.91 Å². The van der Waals surface area contributed by atoms with E-state index in [1.54, 1.807) is 13.8 Å². The molecule has 2 aromatic heterocycles. The molecule has 0 aliphatic carbocycles. The molecule has 3 aromatic rings. The van der Waals surface area contributed by atoms with Crippen LogP contribution in [0.3, 0.4) is 0 Å². The van der Waals surface area contributed by atoms with Gasteiger partial charge in [0.2, 0.25) is 0 Å². The van der Waals surface area contributed by atoms with Crippen molar-refractivity contribution in [2.75, 3.05) is 6.61 Å². The summed E-state index contributed by atoms with van der Waals surface area (Å²) in [6.07, 6.45) is -1.80. The number of aromatic nitrogens is 4. The van der Waals surface area contributed by atoms with Crippen molar-refractivity contribution in [1.29, 1.82) is 0 Å². The van der Waals surface area contributed by atoms with E-state index in [0.717, 1.165) is 12.1 Å². The van der Waals surface area contributed by atoms with Gasteiger partial charge in [0.1, 0.15) is 17.3 Å². The number of nitrogens with one attached hydrogen (secondary N) is 1. The molecular formula is C20H18F3N5O3. The summed E-state index contributed by atoms with van der Waals surface area (Å²) in [6.45, 7) is 3.07. The van der Waals surface area contributed by atoms with Gasteiger partial charge in [-0.1, -0.05) is 0 Å². The smallest absolute Gasteiger partial charge is 0.406 e. The van der Waals surface area contributed by atoms with Crippen LogP contribution in [0.2, 0.25) is 0 Å². The van der Waals surface area contributed by atoms with Gasteiger partial charge in [0.05, 0.1) is 17.9 Å². The normalized spacial score (nSPS) is 12.3. The lowest BCUT2D eigenvalue weighted by Crippen LogP contribution is -2.35. The van der Waals surface area contributed by atoms with Gasteiger partial charge in [-0.3, -0.25) is 4.79 Å². The molecule has 0 aliphatic heterocycles. The van der Waals surface area contributed by atoms with Crippen molar-refractivity contribution >= 4 is 5.91 Å². The molecule has 162 valence electrons. The molecule has 1 atom stereocenters. The predicted molar refractivity (Wildman–Crippen MR) is 104 cm³/mol. The fourth-order valence-corrected chi connectivity index (χ4v) is 2.52. The first-order valence-corrected chi connectivity index (χ1v) is 9.10. The van der Waals surface area contributed by atoms with Crippen LogP contribution in [0, 0.1) is 6.92 Å². The Labute approximate surface area is 175 Å². The van der Waals surface area contributed by atoms with Crippen molar-refractivity contribution in [3.8, 4) is 28.4 Å². The maximum absolute atomic E-state index is 12.6. The molecule has 8 nitrogen and oxygen atoms in total. The highest BCUT2D eigenvalue weighted by Crippen LogP contribution is 2.27. The van der Waals surface area contributed by atoms with Gasteiger partial charge in [0.15, 0.2) is 5.82 Å². The van der Waals surface area contributed by atoms with E-state index in [1.807, 2.05) is 0 Å². The summed E-state index contributed by atoms with van der Waals surface area (Å²) in [6, 6.07) is 5.96. The number of hydrogen-bond donors (Lipinski definition) is 2. The number of nitrogens with zero attached hydrogens (tertiary/aromatic N) is 4. The first kappa shape index (κ1) is 22.1. The molecule has 0 radical (unpaired) electrons. The number of ether oxygens (including phenoxy) is 1. The number of halogens is 3. The largest absolute Gasteiger partial charge is 0.573 e. The number of carbonyl (C=O) groups is 1. The Hall–Kier alpha value is -3.60. The standard InChI is InChI=1S/C20H18F3N5O3/c1-11(10-29)26-19(30)17-7-16(13-3-5-15(6-4-13)31-20(21,22)23)27-18(28-17)14-8-24-12(2)25-9-14/h3-9,11,29H,10H2,1-2H3,(H,26,30). The van der Waals surface area contributed by atoms with Crippen molar-refractivity contribution in [1.82, 2.24) is 25.3 Å². The average molecular weight is 433 g/mol. The average Bonchev–Trinajstić information content (AvgIpc) is 2.73. The Kier molecular flexibility index (Phi) is 6.44. The molecule has 3 rings (SSSR count). The number of rotatable bonds is 6. The van der Waals surface area contributed by atoms with E-state index in [9.17, 15) is 23.1 Å². The summed E-state index contributed by atoms with van der Waals surface area (Å²) >= 11 is 0. The number of aliphatic hydroxyl groups excluding tert-OH is 1. The summed E-state index contributed by atoms with van der Waals surface area (Å²) < 4.78 is 41.1. The number of benzene rings is 1. The van der Waals surface area contributed by atoms with Crippen LogP contribution in [0.1, 0.15) is 23.2 Å². The van der Waals surface area contributed by atoms with E-state index < -0.39 is 18.3 Å². The van der Waals surface area contributed by atoms with E-state index in [1.165, 1.54) is 30.6 Å². The van der Waals surface area contributed by atoms with Crippen LogP contribution in [0.5, 0.6) is 5.75 Å². The van der Waals surface area contributed by atoms with E-state index in [4.69, 9.17) is 0 Å². The SMILES string of the molecule is Cc1ncc(-c2nc(C(=O)NC(C)CO)cc(-c3ccc(OC(F)(F)F)cc3)n2)cn1. The highest BCUT2D eigenvalue weighted by molar-refractivity contribution is 5.94. The van der Waals surface area contributed by atoms with Crippen LogP contribution in [0.4, 0.5) is 13.2 Å². The summed E-state index contributed by atoms with van der Waals surface area (Å²) in [5, 5.41) is 11.8. The van der Waals surface area contributed by atoms with Crippen LogP contribution in [-0.4, -0.2) is 50.0 Å². The van der Waals surface area contributed by atoms with Gasteiger partial charge >= 0.3 is 6.36 Å². The van der Waals surface area contributed by atoms with Gasteiger partial charge in [0, 0.05) is 24.0 Å². The zero-order valence-corrected chi connectivity index (χ0v) is 16.5. The second kappa shape index (κ2) is 9.04. The minimum Gasteiger partial charge on any atom is -0.406 e. The highest BCUT2D eigenvalue weighted by Gasteiger charge is 2.31. The summed E-state index contributed by atoms with van der Waals surface area (Å²) in [5.74, 6) is -0.228. The molecule has 0 aliphatic rings. The summed E-state index contributed by atoms with van der Waals surface area (Å²) in [7, 11) is 0. The quantitative estimate of drug-likeness (QED) is 0.615. The first-order chi connectivity index (χ1) is 14.6. The zero-order valence-electron chi connectivity index (χ0n) is 16.5. The van der Waals surface area contributed by atoms with Crippen molar-refractivity contribution in [3.05, 3.63) is 54.2 Å². The third kappa shape index (κ3) is 5.95. The van der Waals surface area contributed by atoms with Gasteiger partial charge in [-0.25, -0.2) is 19.9 Å². The maximum atomic E-state index is 12.6. The molecule has 0 spiro atoms. The first-order valence-electron chi connectivity index (χ1n) is 9.10. The van der Waals surface area contributed by atoms with E-state index in [-0.39, 0.29) is 23.9 Å². The fraction of sp³-hybridized carbons (Fsp3) is 0.250. The van der Waals surface area contributed by atoms with Crippen LogP contribution in [0.25, 0.3) is 22.6 Å². The molecule has 1 aromatic carbocycles. The van der Waals surface area contributed by atoms with Crippen LogP contribution < -0.4 is 10.1 Å². The molecule has 1 amide bonds. The van der Waals surface area contributed by atoms with Crippen LogP contribution >= 0.6 is 0 Å². The lowest BCUT2D eigenvalue weighted by molar-refractivity contribution is -0.274. The van der Waals surface area contributed by atoms with E-state index >= 15 is 0 Å². The van der Waals surface area contributed by atoms with Gasteiger partial charge in [-0.15, -0.1) is 13.2 Å². The molecule has 0 fully saturated rings. The van der Waals surface area contributed by atoms with Gasteiger partial charge < -0.3 is 15.2 Å². The Balaban J connectivity index is 2.02. The molecule has 1 unspecified atom stereocenters. The molecule has 0 saturated carbocycles. The summed E-state index contributed by atoms with van der Waals surface area (Å²) in [4.78, 5) is 29.4. The molecule has 31 heavy (non-hydrogen) atoms. The lowest BCUT2D eigenvalue weighted by atomic mass is 10.1. The number of aryl methyl sites for hydroxylation is 1. The number of hydrogen-bond acceptors (Lipinski definition) is 7. The minimum absolute atomic E-state index is 0.0106. The fourth-order valence-electron chi connectivity index (χ4n) is 2.52. The number of amides is 1. The lowest BCUT2D eigenvalue weighted by Gasteiger charge is -2.13. The van der Waals surface area contributed by atoms with Crippen LogP contribution in [-0.2, 0) is 0 Å². The molecule has 2 N–H and O–H groups in total. The number of alkyl halides is 3. The number of carbonyl (C=O) groups excluding carboxylic acids is 1. The second-order valence-electron chi connectivity index (χ2n) is 6.61. The number of aliphatic hydroxyl groups is 1. The third-order valence-electron chi connectivity index (χ3n) is 4.03. The second-order valence-corrected chi connectivity index (χ2v) is 6.61. The molecule has 0 saturated heterocycles. The molecule has 2 heterocycles. The maximum Gasteiger partial charge on any atom is 0.573 e. The monoisotopic (exact) mass is 433 g/mol. The highest BCUT2D eigenvalue weighted by atomic mass is 19.4. The predicted octanol–water partition coefficient (Wildman–Crippen LogP) is 2.92. The van der Waals surface area contributed by atoms with Crippen molar-refractivity contribution < 1.29 is 27.8 Å². The molecule has 11 heteroatoms. The summed E-state index contributed by atoms with van der Waals surface area (Å²) in [5.41, 5.74) is 1.20. The van der Waals surface area contributed by atoms with Crippen molar-refractivity contribution in [2.24, 2.45) is 0 Å². The topological polar surface area (TPSA) is 110 Å². The Morgan fingerprint density at radius 2 is 1.77 bits per heavy atom. The Morgan fingerprint density at radius 3 is 2.35 bits per heavy atom. The van der Waals surface area contributed by atoms with Crippen molar-refractivity contribution in [3.63, 3.8) is 0 Å². The van der Waals surface area contributed by atoms with E-state index in [2.05, 4.69) is 30.0 Å². The van der Waals surface area contributed by atoms with Gasteiger partial charge in [-0.2, -0.15) is 0 Å². The third-order valence-corrected chi connectivity index (χ3v) is 4.03. The molecule has 0 bridgehead atoms.